The van der Waals surface area contributed by atoms with Crippen LogP contribution in [0.25, 0.3) is 10.9 Å². The molecule has 0 radical (unpaired) electrons. The van der Waals surface area contributed by atoms with E-state index in [2.05, 4.69) is 20.6 Å². The van der Waals surface area contributed by atoms with Crippen LogP contribution in [0.1, 0.15) is 24.8 Å². The first-order valence-corrected chi connectivity index (χ1v) is 11.3. The summed E-state index contributed by atoms with van der Waals surface area (Å²) in [5, 5.41) is 8.05. The number of benzene rings is 2. The Morgan fingerprint density at radius 3 is 2.70 bits per heavy atom. The average Bonchev–Trinajstić information content (AvgIpc) is 3.59. The minimum atomic E-state index is -0.0171. The predicted octanol–water partition coefficient (Wildman–Crippen LogP) is 4.02. The predicted molar refractivity (Wildman–Crippen MR) is 121 cm³/mol. The Labute approximate surface area is 180 Å². The van der Waals surface area contributed by atoms with Crippen LogP contribution in [-0.4, -0.2) is 40.8 Å². The van der Waals surface area contributed by atoms with Gasteiger partial charge in [-0.3, -0.25) is 4.79 Å². The van der Waals surface area contributed by atoms with E-state index < -0.39 is 0 Å². The van der Waals surface area contributed by atoms with Crippen LogP contribution in [0.15, 0.2) is 59.8 Å². The van der Waals surface area contributed by atoms with Crippen LogP contribution in [0.5, 0.6) is 0 Å². The number of carbonyl (C=O) groups is 1. The van der Waals surface area contributed by atoms with Crippen molar-refractivity contribution in [1.29, 1.82) is 0 Å². The van der Waals surface area contributed by atoms with Gasteiger partial charge in [0, 0.05) is 24.6 Å². The van der Waals surface area contributed by atoms with Gasteiger partial charge >= 0.3 is 0 Å². The first-order valence-electron chi connectivity index (χ1n) is 10.3. The van der Waals surface area contributed by atoms with E-state index in [9.17, 15) is 4.79 Å². The van der Waals surface area contributed by atoms with Gasteiger partial charge in [0.15, 0.2) is 5.16 Å². The summed E-state index contributed by atoms with van der Waals surface area (Å²) in [4.78, 5) is 21.4. The Morgan fingerprint density at radius 1 is 1.07 bits per heavy atom. The summed E-state index contributed by atoms with van der Waals surface area (Å²) in [6.45, 7) is 1.81. The largest absolute Gasteiger partial charge is 0.377 e. The summed E-state index contributed by atoms with van der Waals surface area (Å²) in [5.41, 5.74) is 2.05. The number of hydrogen-bond donors (Lipinski definition) is 2. The van der Waals surface area contributed by atoms with Crippen molar-refractivity contribution >= 4 is 34.4 Å². The highest BCUT2D eigenvalue weighted by Crippen LogP contribution is 2.29. The van der Waals surface area contributed by atoms with Gasteiger partial charge in [-0.05, 0) is 37.0 Å². The van der Waals surface area contributed by atoms with Crippen molar-refractivity contribution in [3.8, 4) is 0 Å². The Morgan fingerprint density at radius 2 is 1.87 bits per heavy atom. The lowest BCUT2D eigenvalue weighted by Crippen LogP contribution is -2.27. The van der Waals surface area contributed by atoms with Gasteiger partial charge < -0.3 is 15.4 Å². The normalized spacial score (nSPS) is 13.3. The molecule has 2 N–H and O–H groups in total. The smallest absolute Gasteiger partial charge is 0.230 e. The molecule has 6 nitrogen and oxygen atoms in total. The molecule has 1 aliphatic rings. The Hall–Kier alpha value is -2.64. The highest BCUT2D eigenvalue weighted by molar-refractivity contribution is 7.99. The van der Waals surface area contributed by atoms with Gasteiger partial charge in [0.2, 0.25) is 5.91 Å². The third-order valence-electron chi connectivity index (χ3n) is 4.73. The van der Waals surface area contributed by atoms with Crippen LogP contribution in [0.4, 0.5) is 5.82 Å². The van der Waals surface area contributed by atoms with E-state index in [1.54, 1.807) is 0 Å². The summed E-state index contributed by atoms with van der Waals surface area (Å²) in [6, 6.07) is 18.6. The molecule has 2 aromatic carbocycles. The fourth-order valence-corrected chi connectivity index (χ4v) is 3.68. The second-order valence-corrected chi connectivity index (χ2v) is 8.26. The number of para-hydroxylation sites is 1. The number of carbonyl (C=O) groups excluding carboxylic acids is 1. The van der Waals surface area contributed by atoms with Gasteiger partial charge in [0.25, 0.3) is 0 Å². The first-order chi connectivity index (χ1) is 14.8. The van der Waals surface area contributed by atoms with Crippen molar-refractivity contribution < 1.29 is 9.53 Å². The maximum absolute atomic E-state index is 12.2. The quantitative estimate of drug-likeness (QED) is 0.276. The van der Waals surface area contributed by atoms with E-state index in [0.717, 1.165) is 28.7 Å². The molecule has 0 saturated heterocycles. The van der Waals surface area contributed by atoms with Crippen molar-refractivity contribution in [3.05, 3.63) is 60.2 Å². The molecular weight excluding hydrogens is 396 g/mol. The molecule has 0 bridgehead atoms. The summed E-state index contributed by atoms with van der Waals surface area (Å²) in [5.74, 6) is 1.14. The van der Waals surface area contributed by atoms with Crippen LogP contribution in [0.3, 0.4) is 0 Å². The maximum atomic E-state index is 12.2. The minimum absolute atomic E-state index is 0.0171. The van der Waals surface area contributed by atoms with Gasteiger partial charge in [-0.2, -0.15) is 0 Å². The Balaban J connectivity index is 1.19. The number of aromatic nitrogens is 2. The topological polar surface area (TPSA) is 76.1 Å². The molecule has 1 amide bonds. The lowest BCUT2D eigenvalue weighted by molar-refractivity contribution is -0.118. The van der Waals surface area contributed by atoms with Crippen molar-refractivity contribution in [2.75, 3.05) is 24.2 Å². The molecule has 0 spiro atoms. The number of nitrogens with one attached hydrogen (secondary N) is 2. The lowest BCUT2D eigenvalue weighted by Gasteiger charge is -2.10. The summed E-state index contributed by atoms with van der Waals surface area (Å²) < 4.78 is 5.64. The standard InChI is InChI=1S/C23H26N4O2S/c28-21(24-13-6-14-29-15-17-7-2-1-3-8-17)16-30-23-26-20-10-5-4-9-19(20)22(27-23)25-18-11-12-18/h1-5,7-10,18H,6,11-16H2,(H,24,28)(H,25,26,27). The molecule has 30 heavy (non-hydrogen) atoms. The zero-order chi connectivity index (χ0) is 20.6. The van der Waals surface area contributed by atoms with Gasteiger partial charge in [-0.1, -0.05) is 54.2 Å². The molecule has 3 aromatic rings. The zero-order valence-corrected chi connectivity index (χ0v) is 17.7. The molecule has 1 aromatic heterocycles. The van der Waals surface area contributed by atoms with Crippen molar-refractivity contribution in [3.63, 3.8) is 0 Å². The number of hydrogen-bond acceptors (Lipinski definition) is 6. The van der Waals surface area contributed by atoms with E-state index >= 15 is 0 Å². The molecular formula is C23H26N4O2S. The molecule has 0 atom stereocenters. The second kappa shape index (κ2) is 10.4. The fourth-order valence-electron chi connectivity index (χ4n) is 3.00. The van der Waals surface area contributed by atoms with Gasteiger partial charge in [0.05, 0.1) is 17.9 Å². The van der Waals surface area contributed by atoms with E-state index in [1.165, 1.54) is 24.6 Å². The van der Waals surface area contributed by atoms with Crippen molar-refractivity contribution in [2.45, 2.75) is 37.1 Å². The molecule has 1 aliphatic carbocycles. The third-order valence-corrected chi connectivity index (χ3v) is 5.58. The maximum Gasteiger partial charge on any atom is 0.230 e. The highest BCUT2D eigenvalue weighted by atomic mass is 32.2. The van der Waals surface area contributed by atoms with Crippen LogP contribution in [-0.2, 0) is 16.1 Å². The number of anilines is 1. The molecule has 7 heteroatoms. The number of rotatable bonds is 11. The van der Waals surface area contributed by atoms with Crippen LogP contribution in [0, 0.1) is 0 Å². The van der Waals surface area contributed by atoms with E-state index in [0.29, 0.717) is 36.7 Å². The van der Waals surface area contributed by atoms with Gasteiger partial charge in [-0.15, -0.1) is 0 Å². The molecule has 0 aliphatic heterocycles. The molecule has 1 fully saturated rings. The molecule has 1 saturated carbocycles. The van der Waals surface area contributed by atoms with Crippen LogP contribution in [0.2, 0.25) is 0 Å². The van der Waals surface area contributed by atoms with Gasteiger partial charge in [0.1, 0.15) is 5.82 Å². The van der Waals surface area contributed by atoms with E-state index in [4.69, 9.17) is 4.74 Å². The SMILES string of the molecule is O=C(CSc1nc(NC2CC2)c2ccccc2n1)NCCCOCc1ccccc1. The zero-order valence-electron chi connectivity index (χ0n) is 16.8. The monoisotopic (exact) mass is 422 g/mol. The van der Waals surface area contributed by atoms with Crippen LogP contribution >= 0.6 is 11.8 Å². The summed E-state index contributed by atoms with van der Waals surface area (Å²) in [7, 11) is 0. The number of fused-ring (bicyclic) bond motifs is 1. The second-order valence-electron chi connectivity index (χ2n) is 7.32. The fraction of sp³-hybridized carbons (Fsp3) is 0.348. The number of thioether (sulfide) groups is 1. The number of ether oxygens (including phenoxy) is 1. The average molecular weight is 423 g/mol. The summed E-state index contributed by atoms with van der Waals surface area (Å²) in [6.07, 6.45) is 3.14. The third kappa shape index (κ3) is 6.18. The number of nitrogens with zero attached hydrogens (tertiary/aromatic N) is 2. The Bertz CT molecular complexity index is 979. The Kier molecular flexibility index (Phi) is 7.16. The van der Waals surface area contributed by atoms with Crippen molar-refractivity contribution in [1.82, 2.24) is 15.3 Å². The summed E-state index contributed by atoms with van der Waals surface area (Å²) >= 11 is 1.37. The lowest BCUT2D eigenvalue weighted by atomic mass is 10.2. The first kappa shape index (κ1) is 20.6. The molecule has 4 rings (SSSR count). The van der Waals surface area contributed by atoms with E-state index in [1.807, 2.05) is 54.6 Å². The molecule has 0 unspecified atom stereocenters. The van der Waals surface area contributed by atoms with Crippen LogP contribution < -0.4 is 10.6 Å². The number of amides is 1. The minimum Gasteiger partial charge on any atom is -0.377 e. The molecule has 156 valence electrons. The van der Waals surface area contributed by atoms with Crippen molar-refractivity contribution in [2.24, 2.45) is 0 Å². The van der Waals surface area contributed by atoms with E-state index in [-0.39, 0.29) is 5.91 Å². The molecule has 1 heterocycles. The highest BCUT2D eigenvalue weighted by Gasteiger charge is 2.22. The van der Waals surface area contributed by atoms with Gasteiger partial charge in [-0.25, -0.2) is 9.97 Å².